The lowest BCUT2D eigenvalue weighted by molar-refractivity contribution is 0.0531. The molecule has 1 aliphatic heterocycles. The second kappa shape index (κ2) is 8.16. The van der Waals surface area contributed by atoms with Crippen LogP contribution in [0.3, 0.4) is 0 Å². The Labute approximate surface area is 163 Å². The number of hydrogen-bond acceptors (Lipinski definition) is 5. The molecule has 1 fully saturated rings. The first-order valence-electron chi connectivity index (χ1n) is 9.44. The van der Waals surface area contributed by atoms with Crippen molar-refractivity contribution >= 4 is 12.0 Å². The van der Waals surface area contributed by atoms with Crippen LogP contribution in [0, 0.1) is 0 Å². The zero-order valence-electron chi connectivity index (χ0n) is 16.5. The lowest BCUT2D eigenvalue weighted by Gasteiger charge is -2.28. The van der Waals surface area contributed by atoms with E-state index >= 15 is 0 Å². The molecule has 1 N–H and O–H groups in total. The van der Waals surface area contributed by atoms with E-state index in [-0.39, 0.29) is 24.6 Å². The van der Waals surface area contributed by atoms with Gasteiger partial charge in [-0.05, 0) is 45.6 Å². The van der Waals surface area contributed by atoms with Crippen LogP contribution in [0.25, 0.3) is 0 Å². The first kappa shape index (κ1) is 20.1. The second-order valence-corrected chi connectivity index (χ2v) is 8.07. The van der Waals surface area contributed by atoms with Gasteiger partial charge in [0.05, 0.1) is 11.9 Å². The number of nitrogens with zero attached hydrogens (tertiary/aromatic N) is 2. The fourth-order valence-corrected chi connectivity index (χ4v) is 2.97. The highest BCUT2D eigenvalue weighted by Crippen LogP contribution is 2.32. The largest absolute Gasteiger partial charge is 0.473 e. The number of hydrogen-bond donors (Lipinski definition) is 1. The van der Waals surface area contributed by atoms with E-state index in [4.69, 9.17) is 9.47 Å². The molecule has 8 heteroatoms. The van der Waals surface area contributed by atoms with E-state index in [1.165, 1.54) is 6.20 Å². The summed E-state index contributed by atoms with van der Waals surface area (Å²) in [5.74, 6) is 0.344. The summed E-state index contributed by atoms with van der Waals surface area (Å²) in [6.45, 7) is 5.84. The number of carbonyl (C=O) groups excluding carboxylic acids is 2. The third-order valence-corrected chi connectivity index (χ3v) is 4.48. The van der Waals surface area contributed by atoms with Crippen LogP contribution in [-0.4, -0.2) is 53.2 Å². The zero-order valence-corrected chi connectivity index (χ0v) is 16.5. The Morgan fingerprint density at radius 1 is 1.43 bits per heavy atom. The fraction of sp³-hybridized carbons (Fsp3) is 0.550. The lowest BCUT2D eigenvalue weighted by atomic mass is 10.0. The average Bonchev–Trinajstić information content (AvgIpc) is 3.45. The molecule has 152 valence electrons. The SMILES string of the molecule is CC(C)(C)OC(=O)NC/C(=C/F)COc1cc2c(cn1)C(=O)N(C1CC1)CC2. The van der Waals surface area contributed by atoms with Crippen molar-refractivity contribution in [1.29, 1.82) is 0 Å². The molecule has 0 spiro atoms. The van der Waals surface area contributed by atoms with Crippen LogP contribution in [0.2, 0.25) is 0 Å². The minimum absolute atomic E-state index is 0.0219. The summed E-state index contributed by atoms with van der Waals surface area (Å²) in [4.78, 5) is 30.2. The summed E-state index contributed by atoms with van der Waals surface area (Å²) in [5.41, 5.74) is 1.11. The van der Waals surface area contributed by atoms with Gasteiger partial charge in [-0.1, -0.05) is 0 Å². The topological polar surface area (TPSA) is 80.8 Å². The van der Waals surface area contributed by atoms with E-state index in [1.807, 2.05) is 4.90 Å². The van der Waals surface area contributed by atoms with Crippen LogP contribution in [0.1, 0.15) is 49.5 Å². The van der Waals surface area contributed by atoms with Crippen LogP contribution in [0.4, 0.5) is 9.18 Å². The predicted molar refractivity (Wildman–Crippen MR) is 101 cm³/mol. The Hall–Kier alpha value is -2.64. The minimum Gasteiger partial charge on any atom is -0.473 e. The van der Waals surface area contributed by atoms with E-state index in [9.17, 15) is 14.0 Å². The van der Waals surface area contributed by atoms with Gasteiger partial charge < -0.3 is 19.7 Å². The van der Waals surface area contributed by atoms with E-state index in [2.05, 4.69) is 10.3 Å². The molecule has 2 amide bonds. The molecular weight excluding hydrogens is 365 g/mol. The van der Waals surface area contributed by atoms with Crippen LogP contribution >= 0.6 is 0 Å². The monoisotopic (exact) mass is 391 g/mol. The Kier molecular flexibility index (Phi) is 5.86. The van der Waals surface area contributed by atoms with Crippen LogP contribution < -0.4 is 10.1 Å². The quantitative estimate of drug-likeness (QED) is 0.806. The zero-order chi connectivity index (χ0) is 20.3. The predicted octanol–water partition coefficient (Wildman–Crippen LogP) is 3.00. The third-order valence-electron chi connectivity index (χ3n) is 4.48. The van der Waals surface area contributed by atoms with Gasteiger partial charge >= 0.3 is 6.09 Å². The van der Waals surface area contributed by atoms with Gasteiger partial charge in [-0.3, -0.25) is 4.79 Å². The van der Waals surface area contributed by atoms with Crippen LogP contribution in [0.5, 0.6) is 5.88 Å². The first-order valence-corrected chi connectivity index (χ1v) is 9.44. The summed E-state index contributed by atoms with van der Waals surface area (Å²) >= 11 is 0. The molecule has 0 unspecified atom stereocenters. The number of fused-ring (bicyclic) bond motifs is 1. The maximum absolute atomic E-state index is 13.1. The Morgan fingerprint density at radius 2 is 2.18 bits per heavy atom. The van der Waals surface area contributed by atoms with Gasteiger partial charge in [0.1, 0.15) is 12.2 Å². The van der Waals surface area contributed by atoms with E-state index < -0.39 is 11.7 Å². The molecule has 28 heavy (non-hydrogen) atoms. The number of halogens is 1. The van der Waals surface area contributed by atoms with Crippen LogP contribution in [0.15, 0.2) is 24.2 Å². The first-order chi connectivity index (χ1) is 13.3. The molecule has 1 saturated carbocycles. The molecule has 7 nitrogen and oxygen atoms in total. The van der Waals surface area contributed by atoms with Crippen molar-refractivity contribution in [2.24, 2.45) is 0 Å². The number of aromatic nitrogens is 1. The standard InChI is InChI=1S/C20H26FN3O4/c1-20(2,3)28-19(26)23-10-13(9-21)12-27-17-8-14-6-7-24(15-4-5-15)18(25)16(14)11-22-17/h8-9,11,15H,4-7,10,12H2,1-3H3,(H,23,26)/b13-9-. The van der Waals surface area contributed by atoms with Gasteiger partial charge in [0.25, 0.3) is 5.91 Å². The number of rotatable bonds is 6. The average molecular weight is 391 g/mol. The van der Waals surface area contributed by atoms with Gasteiger partial charge in [-0.25, -0.2) is 14.2 Å². The van der Waals surface area contributed by atoms with E-state index in [0.717, 1.165) is 24.8 Å². The Bertz CT molecular complexity index is 784. The highest BCUT2D eigenvalue weighted by atomic mass is 19.1. The fourth-order valence-electron chi connectivity index (χ4n) is 2.97. The van der Waals surface area contributed by atoms with Crippen molar-refractivity contribution in [2.45, 2.75) is 51.7 Å². The molecule has 0 saturated heterocycles. The summed E-state index contributed by atoms with van der Waals surface area (Å²) in [6.07, 6.45) is 4.20. The summed E-state index contributed by atoms with van der Waals surface area (Å²) in [6, 6.07) is 2.11. The third kappa shape index (κ3) is 5.21. The van der Waals surface area contributed by atoms with Crippen molar-refractivity contribution in [1.82, 2.24) is 15.2 Å². The maximum Gasteiger partial charge on any atom is 0.407 e. The van der Waals surface area contributed by atoms with E-state index in [1.54, 1.807) is 26.8 Å². The van der Waals surface area contributed by atoms with E-state index in [0.29, 0.717) is 30.4 Å². The van der Waals surface area contributed by atoms with Gasteiger partial charge in [-0.2, -0.15) is 0 Å². The van der Waals surface area contributed by atoms with Gasteiger partial charge in [0, 0.05) is 37.0 Å². The number of pyridine rings is 1. The molecule has 3 rings (SSSR count). The second-order valence-electron chi connectivity index (χ2n) is 8.07. The maximum atomic E-state index is 13.1. The summed E-state index contributed by atoms with van der Waals surface area (Å²) in [7, 11) is 0. The van der Waals surface area contributed by atoms with Crippen molar-refractivity contribution < 1.29 is 23.5 Å². The molecule has 1 aliphatic carbocycles. The van der Waals surface area contributed by atoms with Crippen molar-refractivity contribution in [3.63, 3.8) is 0 Å². The number of alkyl carbamates (subject to hydrolysis) is 1. The van der Waals surface area contributed by atoms with Crippen molar-refractivity contribution in [2.75, 3.05) is 19.7 Å². The van der Waals surface area contributed by atoms with Crippen molar-refractivity contribution in [3.8, 4) is 5.88 Å². The highest BCUT2D eigenvalue weighted by Gasteiger charge is 2.36. The molecule has 2 heterocycles. The Balaban J connectivity index is 1.53. The molecule has 1 aromatic rings. The molecule has 0 aromatic carbocycles. The minimum atomic E-state index is -0.627. The molecule has 0 bridgehead atoms. The Morgan fingerprint density at radius 3 is 2.82 bits per heavy atom. The molecule has 1 aromatic heterocycles. The highest BCUT2D eigenvalue weighted by molar-refractivity contribution is 5.96. The van der Waals surface area contributed by atoms with Gasteiger partial charge in [-0.15, -0.1) is 0 Å². The molecule has 2 aliphatic rings. The number of nitrogens with one attached hydrogen (secondary N) is 1. The van der Waals surface area contributed by atoms with Crippen molar-refractivity contribution in [3.05, 3.63) is 35.3 Å². The van der Waals surface area contributed by atoms with Gasteiger partial charge in [0.2, 0.25) is 5.88 Å². The number of amides is 2. The summed E-state index contributed by atoms with van der Waals surface area (Å²) in [5, 5.41) is 2.48. The molecular formula is C20H26FN3O4. The van der Waals surface area contributed by atoms with Gasteiger partial charge in [0.15, 0.2) is 0 Å². The lowest BCUT2D eigenvalue weighted by Crippen LogP contribution is -2.39. The van der Waals surface area contributed by atoms with Crippen LogP contribution in [-0.2, 0) is 11.2 Å². The normalized spacial score (nSPS) is 17.2. The molecule has 0 atom stereocenters. The smallest absolute Gasteiger partial charge is 0.407 e. The molecule has 0 radical (unpaired) electrons. The summed E-state index contributed by atoms with van der Waals surface area (Å²) < 4.78 is 23.7. The number of carbonyl (C=O) groups is 2. The number of ether oxygens (including phenoxy) is 2.